The molecule has 2 rings (SSSR count). The molecule has 0 aliphatic heterocycles. The summed E-state index contributed by atoms with van der Waals surface area (Å²) < 4.78 is 9.83. The van der Waals surface area contributed by atoms with E-state index in [1.165, 1.54) is 6.26 Å². The van der Waals surface area contributed by atoms with E-state index >= 15 is 0 Å². The van der Waals surface area contributed by atoms with E-state index in [4.69, 9.17) is 14.5 Å². The molecule has 0 spiro atoms. The second-order valence-corrected chi connectivity index (χ2v) is 3.37. The van der Waals surface area contributed by atoms with Crippen molar-refractivity contribution in [1.82, 2.24) is 5.16 Å². The van der Waals surface area contributed by atoms with Crippen LogP contribution in [0.1, 0.15) is 11.3 Å². The van der Waals surface area contributed by atoms with Crippen molar-refractivity contribution in [3.8, 4) is 11.8 Å². The first kappa shape index (κ1) is 11.0. The van der Waals surface area contributed by atoms with E-state index in [9.17, 15) is 0 Å². The number of hydrogen-bond donors (Lipinski definition) is 1. The normalized spacial score (nSPS) is 9.65. The van der Waals surface area contributed by atoms with Gasteiger partial charge in [0, 0.05) is 12.1 Å². The zero-order valence-corrected chi connectivity index (χ0v) is 9.30. The Morgan fingerprint density at radius 3 is 3.00 bits per heavy atom. The van der Waals surface area contributed by atoms with Crippen LogP contribution in [0, 0.1) is 11.3 Å². The average molecular weight is 229 g/mol. The molecule has 0 radical (unpaired) electrons. The summed E-state index contributed by atoms with van der Waals surface area (Å²) in [4.78, 5) is 0. The quantitative estimate of drug-likeness (QED) is 0.869. The van der Waals surface area contributed by atoms with Gasteiger partial charge in [0.1, 0.15) is 23.8 Å². The fraction of sp³-hybridized carbons (Fsp3) is 0.167. The molecule has 1 aromatic heterocycles. The molecule has 17 heavy (non-hydrogen) atoms. The van der Waals surface area contributed by atoms with Gasteiger partial charge in [-0.05, 0) is 12.1 Å². The smallest absolute Gasteiger partial charge is 0.124 e. The number of methoxy groups -OCH3 is 1. The molecule has 0 unspecified atom stereocenters. The Labute approximate surface area is 98.6 Å². The molecule has 0 atom stereocenters. The third-order valence-electron chi connectivity index (χ3n) is 2.30. The van der Waals surface area contributed by atoms with Gasteiger partial charge < -0.3 is 14.6 Å². The van der Waals surface area contributed by atoms with E-state index in [0.29, 0.717) is 17.9 Å². The van der Waals surface area contributed by atoms with Gasteiger partial charge in [-0.2, -0.15) is 5.26 Å². The van der Waals surface area contributed by atoms with E-state index in [1.807, 2.05) is 0 Å². The lowest BCUT2D eigenvalue weighted by Crippen LogP contribution is -2.01. The summed E-state index contributed by atoms with van der Waals surface area (Å²) in [6.07, 6.45) is 1.51. The second kappa shape index (κ2) is 5.03. The highest BCUT2D eigenvalue weighted by Gasteiger charge is 2.04. The van der Waals surface area contributed by atoms with Crippen LogP contribution in [0.15, 0.2) is 35.1 Å². The number of nitriles is 1. The molecule has 0 saturated heterocycles. The minimum absolute atomic E-state index is 0.498. The standard InChI is InChI=1S/C12H11N3O2/c1-16-11-3-2-9(7-13)12(6-11)14-8-10-4-5-17-15-10/h2-6,14H,8H2,1H3. The Hall–Kier alpha value is -2.48. The monoisotopic (exact) mass is 229 g/mol. The third-order valence-corrected chi connectivity index (χ3v) is 2.30. The zero-order valence-electron chi connectivity index (χ0n) is 9.30. The van der Waals surface area contributed by atoms with Crippen molar-refractivity contribution in [2.75, 3.05) is 12.4 Å². The molecule has 0 amide bonds. The molecule has 86 valence electrons. The summed E-state index contributed by atoms with van der Waals surface area (Å²) in [6.45, 7) is 0.498. The fourth-order valence-corrected chi connectivity index (χ4v) is 1.41. The van der Waals surface area contributed by atoms with Crippen molar-refractivity contribution in [3.63, 3.8) is 0 Å². The van der Waals surface area contributed by atoms with Crippen LogP contribution >= 0.6 is 0 Å². The van der Waals surface area contributed by atoms with Gasteiger partial charge in [-0.25, -0.2) is 0 Å². The average Bonchev–Trinajstić information content (AvgIpc) is 2.89. The number of rotatable bonds is 4. The summed E-state index contributed by atoms with van der Waals surface area (Å²) in [6, 6.07) is 9.12. The first-order chi connectivity index (χ1) is 8.33. The minimum atomic E-state index is 0.498. The van der Waals surface area contributed by atoms with E-state index in [1.54, 1.807) is 31.4 Å². The molecule has 0 aliphatic carbocycles. The Bertz CT molecular complexity index is 529. The number of hydrogen-bond acceptors (Lipinski definition) is 5. The SMILES string of the molecule is COc1ccc(C#N)c(NCc2ccon2)c1. The molecule has 5 nitrogen and oxygen atoms in total. The maximum atomic E-state index is 8.97. The van der Waals surface area contributed by atoms with Crippen LogP contribution in [0.4, 0.5) is 5.69 Å². The molecule has 5 heteroatoms. The number of anilines is 1. The highest BCUT2D eigenvalue weighted by atomic mass is 16.5. The molecular formula is C12H11N3O2. The summed E-state index contributed by atoms with van der Waals surface area (Å²) in [5.74, 6) is 0.701. The van der Waals surface area contributed by atoms with Crippen LogP contribution in [0.5, 0.6) is 5.75 Å². The first-order valence-electron chi connectivity index (χ1n) is 5.05. The van der Waals surface area contributed by atoms with Gasteiger partial charge in [0.15, 0.2) is 0 Å². The van der Waals surface area contributed by atoms with Gasteiger partial charge in [0.25, 0.3) is 0 Å². The second-order valence-electron chi connectivity index (χ2n) is 3.37. The Morgan fingerprint density at radius 2 is 2.35 bits per heavy atom. The number of ether oxygens (including phenoxy) is 1. The highest BCUT2D eigenvalue weighted by molar-refractivity contribution is 5.60. The number of nitrogens with one attached hydrogen (secondary N) is 1. The van der Waals surface area contributed by atoms with Gasteiger partial charge in [-0.1, -0.05) is 5.16 Å². The van der Waals surface area contributed by atoms with Crippen LogP contribution in [0.3, 0.4) is 0 Å². The Morgan fingerprint density at radius 1 is 1.47 bits per heavy atom. The summed E-state index contributed by atoms with van der Waals surface area (Å²) in [5, 5.41) is 15.9. The molecular weight excluding hydrogens is 218 g/mol. The molecule has 2 aromatic rings. The lowest BCUT2D eigenvalue weighted by Gasteiger charge is -2.08. The molecule has 1 heterocycles. The van der Waals surface area contributed by atoms with E-state index < -0.39 is 0 Å². The van der Waals surface area contributed by atoms with E-state index in [2.05, 4.69) is 16.5 Å². The van der Waals surface area contributed by atoms with Crippen LogP contribution in [0.2, 0.25) is 0 Å². The predicted octanol–water partition coefficient (Wildman–Crippen LogP) is 2.17. The number of nitrogens with zero attached hydrogens (tertiary/aromatic N) is 2. The van der Waals surface area contributed by atoms with Crippen LogP contribution in [-0.2, 0) is 6.54 Å². The zero-order chi connectivity index (χ0) is 12.1. The van der Waals surface area contributed by atoms with E-state index in [-0.39, 0.29) is 0 Å². The topological polar surface area (TPSA) is 71.1 Å². The van der Waals surface area contributed by atoms with Gasteiger partial charge in [0.05, 0.1) is 24.9 Å². The first-order valence-corrected chi connectivity index (χ1v) is 5.05. The molecule has 0 aliphatic rings. The fourth-order valence-electron chi connectivity index (χ4n) is 1.41. The van der Waals surface area contributed by atoms with Crippen LogP contribution in [0.25, 0.3) is 0 Å². The van der Waals surface area contributed by atoms with E-state index in [0.717, 1.165) is 11.4 Å². The molecule has 1 aromatic carbocycles. The van der Waals surface area contributed by atoms with Crippen LogP contribution in [-0.4, -0.2) is 12.3 Å². The Balaban J connectivity index is 2.16. The lowest BCUT2D eigenvalue weighted by molar-refractivity contribution is 0.412. The third kappa shape index (κ3) is 2.55. The summed E-state index contributed by atoms with van der Waals surface area (Å²) in [7, 11) is 1.59. The summed E-state index contributed by atoms with van der Waals surface area (Å²) >= 11 is 0. The van der Waals surface area contributed by atoms with Crippen LogP contribution < -0.4 is 10.1 Å². The van der Waals surface area contributed by atoms with Crippen molar-refractivity contribution < 1.29 is 9.26 Å². The van der Waals surface area contributed by atoms with Gasteiger partial charge in [0.2, 0.25) is 0 Å². The van der Waals surface area contributed by atoms with Crippen molar-refractivity contribution in [2.45, 2.75) is 6.54 Å². The van der Waals surface area contributed by atoms with Crippen molar-refractivity contribution in [2.24, 2.45) is 0 Å². The van der Waals surface area contributed by atoms with Crippen molar-refractivity contribution >= 4 is 5.69 Å². The Kier molecular flexibility index (Phi) is 3.26. The summed E-state index contributed by atoms with van der Waals surface area (Å²) in [5.41, 5.74) is 2.06. The van der Waals surface area contributed by atoms with Crippen molar-refractivity contribution in [1.29, 1.82) is 5.26 Å². The number of aromatic nitrogens is 1. The number of benzene rings is 1. The lowest BCUT2D eigenvalue weighted by atomic mass is 10.2. The molecule has 0 saturated carbocycles. The molecule has 0 bridgehead atoms. The largest absolute Gasteiger partial charge is 0.497 e. The molecule has 0 fully saturated rings. The maximum Gasteiger partial charge on any atom is 0.124 e. The van der Waals surface area contributed by atoms with Crippen molar-refractivity contribution in [3.05, 3.63) is 41.8 Å². The predicted molar refractivity (Wildman–Crippen MR) is 61.5 cm³/mol. The maximum absolute atomic E-state index is 8.97. The molecule has 1 N–H and O–H groups in total. The van der Waals surface area contributed by atoms with Gasteiger partial charge in [-0.15, -0.1) is 0 Å². The minimum Gasteiger partial charge on any atom is -0.497 e. The highest BCUT2D eigenvalue weighted by Crippen LogP contribution is 2.22. The van der Waals surface area contributed by atoms with Gasteiger partial charge in [-0.3, -0.25) is 0 Å². The van der Waals surface area contributed by atoms with Gasteiger partial charge >= 0.3 is 0 Å².